The molecule has 1 rings (SSSR count). The maximum atomic E-state index is 10.9. The highest BCUT2D eigenvalue weighted by Crippen LogP contribution is 2.09. The zero-order valence-corrected chi connectivity index (χ0v) is 6.04. The van der Waals surface area contributed by atoms with Crippen LogP contribution in [0.15, 0.2) is 12.2 Å². The van der Waals surface area contributed by atoms with Crippen LogP contribution in [0.1, 0.15) is 6.42 Å². The number of amides is 2. The van der Waals surface area contributed by atoms with E-state index in [1.165, 1.54) is 6.08 Å². The van der Waals surface area contributed by atoms with Gasteiger partial charge in [-0.05, 0) is 12.5 Å². The Morgan fingerprint density at radius 2 is 2.45 bits per heavy atom. The third kappa shape index (κ3) is 2.07. The Labute approximate surface area is 64.4 Å². The zero-order chi connectivity index (χ0) is 8.27. The van der Waals surface area contributed by atoms with E-state index in [-0.39, 0.29) is 11.8 Å². The Kier molecular flexibility index (Phi) is 2.25. The molecule has 0 bridgehead atoms. The fraction of sp³-hybridized carbons (Fsp3) is 0.429. The molecule has 1 aliphatic rings. The van der Waals surface area contributed by atoms with E-state index < -0.39 is 5.91 Å². The van der Waals surface area contributed by atoms with Crippen LogP contribution >= 0.6 is 0 Å². The summed E-state index contributed by atoms with van der Waals surface area (Å²) in [6.45, 7) is 0.687. The van der Waals surface area contributed by atoms with Crippen LogP contribution in [0.3, 0.4) is 0 Å². The second-order valence-electron chi connectivity index (χ2n) is 2.45. The van der Waals surface area contributed by atoms with Gasteiger partial charge in [0.2, 0.25) is 11.8 Å². The van der Waals surface area contributed by atoms with Gasteiger partial charge in [-0.15, -0.1) is 0 Å². The summed E-state index contributed by atoms with van der Waals surface area (Å²) < 4.78 is 0. The van der Waals surface area contributed by atoms with E-state index in [1.54, 1.807) is 6.08 Å². The van der Waals surface area contributed by atoms with Crippen LogP contribution in [0.2, 0.25) is 0 Å². The van der Waals surface area contributed by atoms with Crippen molar-refractivity contribution in [1.29, 1.82) is 0 Å². The number of nitrogens with two attached hydrogens (primary N) is 1. The topological polar surface area (TPSA) is 72.2 Å². The molecule has 1 saturated heterocycles. The molecule has 1 unspecified atom stereocenters. The van der Waals surface area contributed by atoms with Crippen LogP contribution in [-0.4, -0.2) is 18.4 Å². The summed E-state index contributed by atoms with van der Waals surface area (Å²) in [7, 11) is 0. The molecule has 0 radical (unpaired) electrons. The Morgan fingerprint density at radius 1 is 1.73 bits per heavy atom. The molecule has 1 heterocycles. The van der Waals surface area contributed by atoms with E-state index in [0.29, 0.717) is 6.54 Å². The monoisotopic (exact) mass is 154 g/mol. The number of nitrogens with one attached hydrogen (secondary N) is 1. The molecule has 0 aromatic heterocycles. The molecule has 0 aromatic rings. The normalized spacial score (nSPS) is 24.0. The van der Waals surface area contributed by atoms with Gasteiger partial charge in [-0.2, -0.15) is 0 Å². The fourth-order valence-electron chi connectivity index (χ4n) is 1.01. The van der Waals surface area contributed by atoms with Crippen molar-refractivity contribution in [3.05, 3.63) is 12.2 Å². The van der Waals surface area contributed by atoms with E-state index in [9.17, 15) is 9.59 Å². The molecule has 3 N–H and O–H groups in total. The van der Waals surface area contributed by atoms with Crippen molar-refractivity contribution in [3.8, 4) is 0 Å². The molecule has 0 spiro atoms. The van der Waals surface area contributed by atoms with Crippen molar-refractivity contribution in [3.63, 3.8) is 0 Å². The molecular formula is C7H10N2O2. The highest BCUT2D eigenvalue weighted by Gasteiger charge is 2.20. The predicted octanol–water partition coefficient (Wildman–Crippen LogP) is -0.836. The number of rotatable bonds is 2. The van der Waals surface area contributed by atoms with Crippen LogP contribution in [0.4, 0.5) is 0 Å². The van der Waals surface area contributed by atoms with Crippen molar-refractivity contribution in [2.24, 2.45) is 11.7 Å². The molecule has 0 saturated carbocycles. The van der Waals surface area contributed by atoms with Crippen LogP contribution in [0, 0.1) is 5.92 Å². The van der Waals surface area contributed by atoms with Gasteiger partial charge in [0.15, 0.2) is 0 Å². The van der Waals surface area contributed by atoms with Crippen LogP contribution in [0.25, 0.3) is 0 Å². The summed E-state index contributed by atoms with van der Waals surface area (Å²) in [6, 6.07) is 0. The third-order valence-electron chi connectivity index (χ3n) is 1.58. The van der Waals surface area contributed by atoms with Gasteiger partial charge in [-0.1, -0.05) is 6.08 Å². The summed E-state index contributed by atoms with van der Waals surface area (Å²) in [5.74, 6) is -0.699. The van der Waals surface area contributed by atoms with Crippen molar-refractivity contribution < 1.29 is 9.59 Å². The lowest BCUT2D eigenvalue weighted by Crippen LogP contribution is -2.18. The average Bonchev–Trinajstić information content (AvgIpc) is 2.31. The fourth-order valence-corrected chi connectivity index (χ4v) is 1.01. The summed E-state index contributed by atoms with van der Waals surface area (Å²) in [5.41, 5.74) is 4.86. The molecule has 11 heavy (non-hydrogen) atoms. The number of hydrogen-bond acceptors (Lipinski definition) is 2. The van der Waals surface area contributed by atoms with Crippen LogP contribution < -0.4 is 11.1 Å². The minimum Gasteiger partial charge on any atom is -0.366 e. The molecule has 2 amide bonds. The molecule has 1 aliphatic heterocycles. The van der Waals surface area contributed by atoms with Crippen molar-refractivity contribution in [1.82, 2.24) is 5.32 Å². The summed E-state index contributed by atoms with van der Waals surface area (Å²) in [6.07, 6.45) is 3.53. The number of carbonyl (C=O) groups excluding carboxylic acids is 2. The number of hydrogen-bond donors (Lipinski definition) is 2. The van der Waals surface area contributed by atoms with Crippen molar-refractivity contribution in [2.75, 3.05) is 6.54 Å². The van der Waals surface area contributed by atoms with Gasteiger partial charge >= 0.3 is 0 Å². The summed E-state index contributed by atoms with van der Waals surface area (Å²) >= 11 is 0. The first-order chi connectivity index (χ1) is 5.20. The van der Waals surface area contributed by atoms with Gasteiger partial charge in [0.1, 0.15) is 0 Å². The number of carbonyl (C=O) groups is 2. The van der Waals surface area contributed by atoms with Gasteiger partial charge in [0, 0.05) is 6.54 Å². The molecule has 60 valence electrons. The van der Waals surface area contributed by atoms with Gasteiger partial charge in [-0.3, -0.25) is 9.59 Å². The zero-order valence-electron chi connectivity index (χ0n) is 6.04. The van der Waals surface area contributed by atoms with Gasteiger partial charge in [0.05, 0.1) is 5.92 Å². The summed E-state index contributed by atoms with van der Waals surface area (Å²) in [5, 5.41) is 2.65. The maximum absolute atomic E-state index is 10.9. The lowest BCUT2D eigenvalue weighted by Gasteiger charge is -1.95. The predicted molar refractivity (Wildman–Crippen MR) is 39.5 cm³/mol. The van der Waals surface area contributed by atoms with Crippen molar-refractivity contribution >= 4 is 11.8 Å². The van der Waals surface area contributed by atoms with Gasteiger partial charge in [-0.25, -0.2) is 0 Å². The standard InChI is InChI=1S/C7H10N2O2/c8-6(10)2-1-5-3-4-9-7(5)11/h1-2,5H,3-4H2,(H2,8,10)(H,9,11). The molecule has 1 fully saturated rings. The second kappa shape index (κ2) is 3.18. The first kappa shape index (κ1) is 7.78. The first-order valence-electron chi connectivity index (χ1n) is 3.45. The lowest BCUT2D eigenvalue weighted by atomic mass is 10.1. The van der Waals surface area contributed by atoms with Crippen LogP contribution in [0.5, 0.6) is 0 Å². The first-order valence-corrected chi connectivity index (χ1v) is 3.45. The highest BCUT2D eigenvalue weighted by molar-refractivity contribution is 5.88. The molecule has 4 nitrogen and oxygen atoms in total. The number of primary amides is 1. The third-order valence-corrected chi connectivity index (χ3v) is 1.58. The Bertz CT molecular complexity index is 210. The highest BCUT2D eigenvalue weighted by atomic mass is 16.2. The molecule has 0 aliphatic carbocycles. The van der Waals surface area contributed by atoms with Gasteiger partial charge in [0.25, 0.3) is 0 Å². The lowest BCUT2D eigenvalue weighted by molar-refractivity contribution is -0.121. The van der Waals surface area contributed by atoms with Gasteiger partial charge < -0.3 is 11.1 Å². The molecule has 1 atom stereocenters. The SMILES string of the molecule is NC(=O)C=CC1CCNC1=O. The van der Waals surface area contributed by atoms with E-state index in [4.69, 9.17) is 5.73 Å². The van der Waals surface area contributed by atoms with E-state index in [0.717, 1.165) is 6.42 Å². The Hall–Kier alpha value is -1.32. The molecular weight excluding hydrogens is 144 g/mol. The van der Waals surface area contributed by atoms with E-state index >= 15 is 0 Å². The van der Waals surface area contributed by atoms with E-state index in [1.807, 2.05) is 0 Å². The Morgan fingerprint density at radius 3 is 2.91 bits per heavy atom. The smallest absolute Gasteiger partial charge is 0.241 e. The molecule has 4 heteroatoms. The average molecular weight is 154 g/mol. The van der Waals surface area contributed by atoms with Crippen LogP contribution in [-0.2, 0) is 9.59 Å². The maximum Gasteiger partial charge on any atom is 0.241 e. The second-order valence-corrected chi connectivity index (χ2v) is 2.45. The largest absolute Gasteiger partial charge is 0.366 e. The molecule has 0 aromatic carbocycles. The minimum absolute atomic E-state index is 0.0255. The Balaban J connectivity index is 2.48. The van der Waals surface area contributed by atoms with Crippen molar-refractivity contribution in [2.45, 2.75) is 6.42 Å². The van der Waals surface area contributed by atoms with E-state index in [2.05, 4.69) is 5.32 Å². The summed E-state index contributed by atoms with van der Waals surface area (Å²) in [4.78, 5) is 21.1. The quantitative estimate of drug-likeness (QED) is 0.509. The minimum atomic E-state index is -0.510.